The number of rotatable bonds is 0. The van der Waals surface area contributed by atoms with Crippen LogP contribution < -0.4 is 10.6 Å². The second kappa shape index (κ2) is 3.26. The molecule has 0 saturated heterocycles. The Balaban J connectivity index is 2.44. The Kier molecular flexibility index (Phi) is 2.18. The van der Waals surface area contributed by atoms with E-state index in [1.165, 1.54) is 0 Å². The topological polar surface area (TPSA) is 41.1 Å². The molecule has 1 aromatic carbocycles. The van der Waals surface area contributed by atoms with Crippen molar-refractivity contribution >= 4 is 11.6 Å². The number of carbonyl (C=O) groups excluding carboxylic acids is 1. The van der Waals surface area contributed by atoms with E-state index < -0.39 is 0 Å². The first-order chi connectivity index (χ1) is 6.98. The van der Waals surface area contributed by atoms with Crippen LogP contribution in [0.3, 0.4) is 0 Å². The van der Waals surface area contributed by atoms with Crippen LogP contribution in [0, 0.1) is 6.92 Å². The van der Waals surface area contributed by atoms with Crippen LogP contribution in [-0.2, 0) is 0 Å². The molecular weight excluding hydrogens is 188 g/mol. The molecule has 0 radical (unpaired) electrons. The molecule has 1 amide bonds. The Morgan fingerprint density at radius 3 is 2.80 bits per heavy atom. The summed E-state index contributed by atoms with van der Waals surface area (Å²) in [5.41, 5.74) is 2.55. The summed E-state index contributed by atoms with van der Waals surface area (Å²) in [4.78, 5) is 11.9. The summed E-state index contributed by atoms with van der Waals surface area (Å²) in [6, 6.07) is 5.89. The quantitative estimate of drug-likeness (QED) is 0.678. The standard InChI is InChI=1S/C12H16N2O/c1-8-4-5-10-9(6-8)11(15)14-12(2,3)7-13-10/h4-6,13H,7H2,1-3H3,(H,14,15). The van der Waals surface area contributed by atoms with E-state index in [-0.39, 0.29) is 11.4 Å². The summed E-state index contributed by atoms with van der Waals surface area (Å²) >= 11 is 0. The Bertz CT molecular complexity index is 410. The van der Waals surface area contributed by atoms with Gasteiger partial charge in [0.2, 0.25) is 0 Å². The molecule has 0 bridgehead atoms. The molecule has 2 N–H and O–H groups in total. The molecule has 0 saturated carbocycles. The SMILES string of the molecule is Cc1ccc2c(c1)C(=O)NC(C)(C)CN2. The molecule has 1 aromatic rings. The number of anilines is 1. The summed E-state index contributed by atoms with van der Waals surface area (Å²) in [6.07, 6.45) is 0. The molecule has 0 atom stereocenters. The third-order valence-electron chi connectivity index (χ3n) is 2.59. The van der Waals surface area contributed by atoms with Crippen molar-refractivity contribution in [1.82, 2.24) is 5.32 Å². The fraction of sp³-hybridized carbons (Fsp3) is 0.417. The summed E-state index contributed by atoms with van der Waals surface area (Å²) in [6.45, 7) is 6.76. The maximum Gasteiger partial charge on any atom is 0.253 e. The molecule has 0 aromatic heterocycles. The number of fused-ring (bicyclic) bond motifs is 1. The van der Waals surface area contributed by atoms with E-state index in [9.17, 15) is 4.79 Å². The fourth-order valence-corrected chi connectivity index (χ4v) is 1.74. The molecule has 3 nitrogen and oxygen atoms in total. The van der Waals surface area contributed by atoms with Gasteiger partial charge in [-0.05, 0) is 32.9 Å². The molecule has 0 aliphatic carbocycles. The summed E-state index contributed by atoms with van der Waals surface area (Å²) in [5, 5.41) is 6.29. The van der Waals surface area contributed by atoms with Crippen molar-refractivity contribution in [2.75, 3.05) is 11.9 Å². The average molecular weight is 204 g/mol. The smallest absolute Gasteiger partial charge is 0.253 e. The summed E-state index contributed by atoms with van der Waals surface area (Å²) in [7, 11) is 0. The largest absolute Gasteiger partial charge is 0.382 e. The molecule has 80 valence electrons. The summed E-state index contributed by atoms with van der Waals surface area (Å²) in [5.74, 6) is 0.00343. The van der Waals surface area contributed by atoms with Crippen molar-refractivity contribution in [2.24, 2.45) is 0 Å². The first-order valence-electron chi connectivity index (χ1n) is 5.15. The number of benzene rings is 1. The van der Waals surface area contributed by atoms with Crippen LogP contribution in [0.25, 0.3) is 0 Å². The third kappa shape index (κ3) is 1.96. The van der Waals surface area contributed by atoms with Crippen LogP contribution in [-0.4, -0.2) is 18.0 Å². The van der Waals surface area contributed by atoms with E-state index in [1.54, 1.807) is 0 Å². The van der Waals surface area contributed by atoms with E-state index in [4.69, 9.17) is 0 Å². The predicted octanol–water partition coefficient (Wildman–Crippen LogP) is 1.93. The highest BCUT2D eigenvalue weighted by molar-refractivity contribution is 6.00. The second-order valence-electron chi connectivity index (χ2n) is 4.74. The normalized spacial score (nSPS) is 18.5. The highest BCUT2D eigenvalue weighted by Gasteiger charge is 2.26. The lowest BCUT2D eigenvalue weighted by molar-refractivity contribution is 0.0922. The van der Waals surface area contributed by atoms with E-state index in [0.29, 0.717) is 0 Å². The zero-order valence-electron chi connectivity index (χ0n) is 9.35. The first-order valence-corrected chi connectivity index (χ1v) is 5.15. The number of nitrogens with one attached hydrogen (secondary N) is 2. The van der Waals surface area contributed by atoms with Gasteiger partial charge in [0.1, 0.15) is 0 Å². The number of hydrogen-bond donors (Lipinski definition) is 2. The number of carbonyl (C=O) groups is 1. The van der Waals surface area contributed by atoms with Gasteiger partial charge in [0.05, 0.1) is 11.1 Å². The molecule has 0 unspecified atom stereocenters. The van der Waals surface area contributed by atoms with Gasteiger partial charge in [-0.1, -0.05) is 11.6 Å². The van der Waals surface area contributed by atoms with Gasteiger partial charge >= 0.3 is 0 Å². The molecule has 3 heteroatoms. The van der Waals surface area contributed by atoms with E-state index in [0.717, 1.165) is 23.4 Å². The highest BCUT2D eigenvalue weighted by atomic mass is 16.1. The molecule has 1 heterocycles. The minimum Gasteiger partial charge on any atom is -0.382 e. The Morgan fingerprint density at radius 2 is 2.07 bits per heavy atom. The molecule has 1 aliphatic heterocycles. The third-order valence-corrected chi connectivity index (χ3v) is 2.59. The Hall–Kier alpha value is -1.51. The Morgan fingerprint density at radius 1 is 1.33 bits per heavy atom. The van der Waals surface area contributed by atoms with Gasteiger partial charge in [0.25, 0.3) is 5.91 Å². The molecular formula is C12H16N2O. The lowest BCUT2D eigenvalue weighted by Crippen LogP contribution is -2.46. The van der Waals surface area contributed by atoms with Crippen LogP contribution >= 0.6 is 0 Å². The monoisotopic (exact) mass is 204 g/mol. The second-order valence-corrected chi connectivity index (χ2v) is 4.74. The van der Waals surface area contributed by atoms with Gasteiger partial charge in [-0.2, -0.15) is 0 Å². The lowest BCUT2D eigenvalue weighted by Gasteiger charge is -2.23. The van der Waals surface area contributed by atoms with Crippen molar-refractivity contribution in [1.29, 1.82) is 0 Å². The highest BCUT2D eigenvalue weighted by Crippen LogP contribution is 2.21. The molecule has 0 spiro atoms. The van der Waals surface area contributed by atoms with Crippen molar-refractivity contribution < 1.29 is 4.79 Å². The van der Waals surface area contributed by atoms with E-state index >= 15 is 0 Å². The number of aryl methyl sites for hydroxylation is 1. The zero-order chi connectivity index (χ0) is 11.1. The fourth-order valence-electron chi connectivity index (χ4n) is 1.74. The van der Waals surface area contributed by atoms with Crippen LogP contribution in [0.5, 0.6) is 0 Å². The van der Waals surface area contributed by atoms with Crippen molar-refractivity contribution in [3.8, 4) is 0 Å². The maximum atomic E-state index is 11.9. The van der Waals surface area contributed by atoms with Crippen LogP contribution in [0.4, 0.5) is 5.69 Å². The summed E-state index contributed by atoms with van der Waals surface area (Å²) < 4.78 is 0. The van der Waals surface area contributed by atoms with Gasteiger partial charge in [0.15, 0.2) is 0 Å². The molecule has 15 heavy (non-hydrogen) atoms. The molecule has 0 fully saturated rings. The minimum atomic E-state index is -0.204. The van der Waals surface area contributed by atoms with E-state index in [2.05, 4.69) is 10.6 Å². The molecule has 2 rings (SSSR count). The van der Waals surface area contributed by atoms with Crippen LogP contribution in [0.1, 0.15) is 29.8 Å². The minimum absolute atomic E-state index is 0.00343. The van der Waals surface area contributed by atoms with Gasteiger partial charge in [-0.25, -0.2) is 0 Å². The van der Waals surface area contributed by atoms with Crippen molar-refractivity contribution in [2.45, 2.75) is 26.3 Å². The van der Waals surface area contributed by atoms with Crippen LogP contribution in [0.15, 0.2) is 18.2 Å². The number of hydrogen-bond acceptors (Lipinski definition) is 2. The van der Waals surface area contributed by atoms with Gasteiger partial charge in [0, 0.05) is 12.2 Å². The predicted molar refractivity (Wildman–Crippen MR) is 61.2 cm³/mol. The Labute approximate surface area is 89.9 Å². The average Bonchev–Trinajstić information content (AvgIpc) is 2.24. The van der Waals surface area contributed by atoms with Gasteiger partial charge in [-0.3, -0.25) is 4.79 Å². The number of amides is 1. The zero-order valence-corrected chi connectivity index (χ0v) is 9.35. The van der Waals surface area contributed by atoms with Crippen molar-refractivity contribution in [3.05, 3.63) is 29.3 Å². The first kappa shape index (κ1) is 10.0. The van der Waals surface area contributed by atoms with Gasteiger partial charge in [-0.15, -0.1) is 0 Å². The van der Waals surface area contributed by atoms with Crippen molar-refractivity contribution in [3.63, 3.8) is 0 Å². The lowest BCUT2D eigenvalue weighted by atomic mass is 10.1. The van der Waals surface area contributed by atoms with E-state index in [1.807, 2.05) is 39.0 Å². The van der Waals surface area contributed by atoms with Crippen LogP contribution in [0.2, 0.25) is 0 Å². The maximum absolute atomic E-state index is 11.9. The molecule has 1 aliphatic rings. The van der Waals surface area contributed by atoms with Gasteiger partial charge < -0.3 is 10.6 Å².